The molecule has 6 heteroatoms. The molecule has 2 N–H and O–H groups in total. The standard InChI is InChI=1S/C20H22N2O4/c23-18(22-14-20(19(24)25)10-2-1-3-11-20)15-6-8-16(9-7-15)26-17-5-4-12-21-13-17/h4-9,12-13H,1-3,10-11,14H2,(H,22,23)(H,24,25). The number of amides is 1. The average molecular weight is 354 g/mol. The summed E-state index contributed by atoms with van der Waals surface area (Å²) in [5, 5.41) is 12.4. The number of rotatable bonds is 6. The summed E-state index contributed by atoms with van der Waals surface area (Å²) in [7, 11) is 0. The Labute approximate surface area is 152 Å². The molecule has 0 unspecified atom stereocenters. The number of carboxylic acids is 1. The summed E-state index contributed by atoms with van der Waals surface area (Å²) in [6.45, 7) is 0.162. The van der Waals surface area contributed by atoms with Gasteiger partial charge in [0.1, 0.15) is 11.5 Å². The van der Waals surface area contributed by atoms with Crippen LogP contribution in [-0.4, -0.2) is 28.5 Å². The Kier molecular flexibility index (Phi) is 5.51. The van der Waals surface area contributed by atoms with Gasteiger partial charge in [-0.2, -0.15) is 0 Å². The Bertz CT molecular complexity index is 753. The molecule has 1 aliphatic carbocycles. The lowest BCUT2D eigenvalue weighted by Crippen LogP contribution is -2.44. The van der Waals surface area contributed by atoms with Crippen LogP contribution in [0.1, 0.15) is 42.5 Å². The lowest BCUT2D eigenvalue weighted by atomic mass is 9.74. The van der Waals surface area contributed by atoms with Crippen LogP contribution in [-0.2, 0) is 4.79 Å². The van der Waals surface area contributed by atoms with E-state index in [9.17, 15) is 14.7 Å². The first-order valence-electron chi connectivity index (χ1n) is 8.79. The molecule has 1 saturated carbocycles. The molecular weight excluding hydrogens is 332 g/mol. The van der Waals surface area contributed by atoms with Gasteiger partial charge >= 0.3 is 5.97 Å². The fraction of sp³-hybridized carbons (Fsp3) is 0.350. The molecule has 1 aliphatic rings. The average Bonchev–Trinajstić information content (AvgIpc) is 2.68. The molecule has 3 rings (SSSR count). The van der Waals surface area contributed by atoms with Crippen molar-refractivity contribution in [2.45, 2.75) is 32.1 Å². The van der Waals surface area contributed by atoms with Gasteiger partial charge in [-0.15, -0.1) is 0 Å². The van der Waals surface area contributed by atoms with E-state index in [2.05, 4.69) is 10.3 Å². The van der Waals surface area contributed by atoms with Crippen LogP contribution in [0.4, 0.5) is 0 Å². The van der Waals surface area contributed by atoms with Crippen LogP contribution in [0.3, 0.4) is 0 Å². The quantitative estimate of drug-likeness (QED) is 0.827. The number of hydrogen-bond donors (Lipinski definition) is 2. The molecule has 1 amide bonds. The number of carboxylic acid groups (broad SMARTS) is 1. The van der Waals surface area contributed by atoms with Crippen LogP contribution in [0, 0.1) is 5.41 Å². The summed E-state index contributed by atoms with van der Waals surface area (Å²) in [5.74, 6) is 0.121. The van der Waals surface area contributed by atoms with E-state index in [1.807, 2.05) is 0 Å². The molecule has 0 bridgehead atoms. The number of ether oxygens (including phenoxy) is 1. The minimum atomic E-state index is -0.836. The molecule has 1 heterocycles. The summed E-state index contributed by atoms with van der Waals surface area (Å²) < 4.78 is 5.64. The van der Waals surface area contributed by atoms with E-state index >= 15 is 0 Å². The normalized spacial score (nSPS) is 15.8. The highest BCUT2D eigenvalue weighted by molar-refractivity contribution is 5.94. The second kappa shape index (κ2) is 7.99. The maximum atomic E-state index is 12.4. The van der Waals surface area contributed by atoms with Crippen LogP contribution in [0.5, 0.6) is 11.5 Å². The molecule has 136 valence electrons. The number of carbonyl (C=O) groups is 2. The van der Waals surface area contributed by atoms with Gasteiger partial charge in [-0.3, -0.25) is 14.6 Å². The highest BCUT2D eigenvalue weighted by Crippen LogP contribution is 2.36. The molecule has 0 saturated heterocycles. The molecule has 0 atom stereocenters. The van der Waals surface area contributed by atoms with Crippen LogP contribution >= 0.6 is 0 Å². The Morgan fingerprint density at radius 3 is 2.42 bits per heavy atom. The van der Waals surface area contributed by atoms with E-state index in [0.29, 0.717) is 29.9 Å². The SMILES string of the molecule is O=C(NCC1(C(=O)O)CCCCC1)c1ccc(Oc2cccnc2)cc1. The predicted octanol–water partition coefficient (Wildman–Crippen LogP) is 3.64. The predicted molar refractivity (Wildman–Crippen MR) is 96.2 cm³/mol. The largest absolute Gasteiger partial charge is 0.481 e. The van der Waals surface area contributed by atoms with Crippen LogP contribution in [0.25, 0.3) is 0 Å². The third-order valence-corrected chi connectivity index (χ3v) is 4.84. The van der Waals surface area contributed by atoms with Gasteiger partial charge in [0.15, 0.2) is 0 Å². The van der Waals surface area contributed by atoms with Crippen LogP contribution < -0.4 is 10.1 Å². The zero-order valence-electron chi connectivity index (χ0n) is 14.5. The Morgan fingerprint density at radius 2 is 1.81 bits per heavy atom. The van der Waals surface area contributed by atoms with Crippen LogP contribution in [0.15, 0.2) is 48.8 Å². The Balaban J connectivity index is 1.60. The van der Waals surface area contributed by atoms with Gasteiger partial charge in [-0.25, -0.2) is 0 Å². The molecule has 0 aliphatic heterocycles. The zero-order valence-corrected chi connectivity index (χ0v) is 14.5. The van der Waals surface area contributed by atoms with Gasteiger partial charge in [0, 0.05) is 18.3 Å². The number of carbonyl (C=O) groups excluding carboxylic acids is 1. The number of nitrogens with zero attached hydrogens (tertiary/aromatic N) is 1. The van der Waals surface area contributed by atoms with Crippen molar-refractivity contribution in [1.82, 2.24) is 10.3 Å². The number of nitrogens with one attached hydrogen (secondary N) is 1. The molecular formula is C20H22N2O4. The first-order chi connectivity index (χ1) is 12.6. The van der Waals surface area contributed by atoms with Gasteiger partial charge in [-0.05, 0) is 49.2 Å². The molecule has 6 nitrogen and oxygen atoms in total. The lowest BCUT2D eigenvalue weighted by Gasteiger charge is -2.33. The second-order valence-electron chi connectivity index (χ2n) is 6.64. The first kappa shape index (κ1) is 17.9. The molecule has 1 fully saturated rings. The molecule has 1 aromatic heterocycles. The van der Waals surface area contributed by atoms with Crippen molar-refractivity contribution in [1.29, 1.82) is 0 Å². The van der Waals surface area contributed by atoms with Crippen molar-refractivity contribution >= 4 is 11.9 Å². The summed E-state index contributed by atoms with van der Waals surface area (Å²) in [5.41, 5.74) is -0.364. The minimum Gasteiger partial charge on any atom is -0.481 e. The maximum absolute atomic E-state index is 12.4. The Hall–Kier alpha value is -2.89. The molecule has 0 spiro atoms. The van der Waals surface area contributed by atoms with Gasteiger partial charge in [0.2, 0.25) is 0 Å². The van der Waals surface area contributed by atoms with E-state index in [0.717, 1.165) is 19.3 Å². The molecule has 26 heavy (non-hydrogen) atoms. The fourth-order valence-electron chi connectivity index (χ4n) is 3.26. The lowest BCUT2D eigenvalue weighted by molar-refractivity contribution is -0.150. The Morgan fingerprint density at radius 1 is 1.08 bits per heavy atom. The summed E-state index contributed by atoms with van der Waals surface area (Å²) in [6, 6.07) is 10.3. The van der Waals surface area contributed by atoms with E-state index in [-0.39, 0.29) is 12.5 Å². The highest BCUT2D eigenvalue weighted by atomic mass is 16.5. The second-order valence-corrected chi connectivity index (χ2v) is 6.64. The minimum absolute atomic E-state index is 0.162. The highest BCUT2D eigenvalue weighted by Gasteiger charge is 2.39. The van der Waals surface area contributed by atoms with E-state index in [1.165, 1.54) is 0 Å². The van der Waals surface area contributed by atoms with Gasteiger partial charge in [-0.1, -0.05) is 19.3 Å². The van der Waals surface area contributed by atoms with Crippen molar-refractivity contribution in [3.8, 4) is 11.5 Å². The maximum Gasteiger partial charge on any atom is 0.311 e. The molecule has 0 radical (unpaired) electrons. The van der Waals surface area contributed by atoms with Crippen molar-refractivity contribution in [2.75, 3.05) is 6.54 Å². The third kappa shape index (κ3) is 4.20. The fourth-order valence-corrected chi connectivity index (χ4v) is 3.26. The number of pyridine rings is 1. The van der Waals surface area contributed by atoms with Crippen molar-refractivity contribution in [3.05, 3.63) is 54.4 Å². The summed E-state index contributed by atoms with van der Waals surface area (Å²) in [4.78, 5) is 28.0. The monoisotopic (exact) mass is 354 g/mol. The number of aliphatic carboxylic acids is 1. The third-order valence-electron chi connectivity index (χ3n) is 4.84. The van der Waals surface area contributed by atoms with E-state index < -0.39 is 11.4 Å². The van der Waals surface area contributed by atoms with Gasteiger partial charge in [0.05, 0.1) is 11.6 Å². The van der Waals surface area contributed by atoms with Gasteiger partial charge < -0.3 is 15.2 Å². The van der Waals surface area contributed by atoms with E-state index in [4.69, 9.17) is 4.74 Å². The molecule has 2 aromatic rings. The number of aromatic nitrogens is 1. The number of benzene rings is 1. The van der Waals surface area contributed by atoms with E-state index in [1.54, 1.807) is 48.8 Å². The van der Waals surface area contributed by atoms with Crippen molar-refractivity contribution in [3.63, 3.8) is 0 Å². The first-order valence-corrected chi connectivity index (χ1v) is 8.79. The van der Waals surface area contributed by atoms with Crippen molar-refractivity contribution < 1.29 is 19.4 Å². The van der Waals surface area contributed by atoms with Gasteiger partial charge in [0.25, 0.3) is 5.91 Å². The van der Waals surface area contributed by atoms with Crippen molar-refractivity contribution in [2.24, 2.45) is 5.41 Å². The summed E-state index contributed by atoms with van der Waals surface area (Å²) in [6.07, 6.45) is 7.33. The number of hydrogen-bond acceptors (Lipinski definition) is 4. The zero-order chi connectivity index (χ0) is 18.4. The molecule has 1 aromatic carbocycles. The topological polar surface area (TPSA) is 88.5 Å². The smallest absolute Gasteiger partial charge is 0.311 e. The summed E-state index contributed by atoms with van der Waals surface area (Å²) >= 11 is 0. The van der Waals surface area contributed by atoms with Crippen LogP contribution in [0.2, 0.25) is 0 Å².